The predicted octanol–water partition coefficient (Wildman–Crippen LogP) is 1.77. The molecular weight excluding hydrogens is 316 g/mol. The molecule has 1 fully saturated rings. The van der Waals surface area contributed by atoms with Gasteiger partial charge in [0.05, 0.1) is 0 Å². The molecule has 1 aliphatic heterocycles. The van der Waals surface area contributed by atoms with Gasteiger partial charge in [0.1, 0.15) is 11.6 Å². The van der Waals surface area contributed by atoms with Gasteiger partial charge in [0, 0.05) is 43.1 Å². The molecule has 0 bridgehead atoms. The Morgan fingerprint density at radius 3 is 2.52 bits per heavy atom. The second-order valence-electron chi connectivity index (χ2n) is 5.25. The van der Waals surface area contributed by atoms with Gasteiger partial charge in [0.25, 0.3) is 5.91 Å². The predicted molar refractivity (Wildman–Crippen MR) is 87.7 cm³/mol. The molecule has 1 saturated heterocycles. The molecule has 6 nitrogen and oxygen atoms in total. The summed E-state index contributed by atoms with van der Waals surface area (Å²) in [5.74, 6) is -0.481. The van der Waals surface area contributed by atoms with Gasteiger partial charge < -0.3 is 15.1 Å². The number of carbonyl (C=O) groups is 2. The summed E-state index contributed by atoms with van der Waals surface area (Å²) in [6.07, 6.45) is 2.34. The molecule has 0 aromatic heterocycles. The van der Waals surface area contributed by atoms with Crippen LogP contribution in [0.4, 0.5) is 5.69 Å². The quantitative estimate of drug-likeness (QED) is 0.518. The third kappa shape index (κ3) is 4.47. The van der Waals surface area contributed by atoms with E-state index in [0.717, 1.165) is 12.0 Å². The standard InChI is InChI=1S/C16H17ClN4O2/c1-12-2-3-14(8-15(12)17)19-16(23)13(9-18)10-20-4-6-21(11-22)7-5-20/h2-3,8,10-11H,4-7H2,1H3,(H,19,23)/b13-10-. The molecule has 2 amide bonds. The van der Waals surface area contributed by atoms with Crippen molar-refractivity contribution < 1.29 is 9.59 Å². The summed E-state index contributed by atoms with van der Waals surface area (Å²) in [5.41, 5.74) is 1.47. The van der Waals surface area contributed by atoms with Crippen molar-refractivity contribution in [3.63, 3.8) is 0 Å². The van der Waals surface area contributed by atoms with E-state index in [2.05, 4.69) is 5.32 Å². The summed E-state index contributed by atoms with van der Waals surface area (Å²) in [4.78, 5) is 26.4. The van der Waals surface area contributed by atoms with Crippen molar-refractivity contribution in [2.45, 2.75) is 6.92 Å². The average molecular weight is 333 g/mol. The van der Waals surface area contributed by atoms with Crippen molar-refractivity contribution in [3.8, 4) is 6.07 Å². The summed E-state index contributed by atoms with van der Waals surface area (Å²) in [5, 5.41) is 12.4. The zero-order valence-corrected chi connectivity index (χ0v) is 13.5. The topological polar surface area (TPSA) is 76.4 Å². The van der Waals surface area contributed by atoms with Crippen LogP contribution < -0.4 is 5.32 Å². The lowest BCUT2D eigenvalue weighted by Crippen LogP contribution is -2.43. The molecular formula is C16H17ClN4O2. The van der Waals surface area contributed by atoms with E-state index >= 15 is 0 Å². The minimum atomic E-state index is -0.481. The number of nitriles is 1. The number of hydrogen-bond acceptors (Lipinski definition) is 4. The molecule has 1 aliphatic rings. The van der Waals surface area contributed by atoms with E-state index < -0.39 is 5.91 Å². The highest BCUT2D eigenvalue weighted by Gasteiger charge is 2.16. The number of benzene rings is 1. The van der Waals surface area contributed by atoms with Gasteiger partial charge in [-0.15, -0.1) is 0 Å². The molecule has 1 N–H and O–H groups in total. The molecule has 1 aromatic carbocycles. The normalized spacial score (nSPS) is 15.1. The highest BCUT2D eigenvalue weighted by Crippen LogP contribution is 2.20. The van der Waals surface area contributed by atoms with E-state index in [9.17, 15) is 14.9 Å². The number of halogens is 1. The number of hydrogen-bond donors (Lipinski definition) is 1. The van der Waals surface area contributed by atoms with Gasteiger partial charge in [-0.1, -0.05) is 17.7 Å². The number of nitrogens with zero attached hydrogens (tertiary/aromatic N) is 3. The number of rotatable bonds is 4. The zero-order valence-electron chi connectivity index (χ0n) is 12.8. The van der Waals surface area contributed by atoms with E-state index in [1.54, 1.807) is 23.1 Å². The molecule has 120 valence electrons. The highest BCUT2D eigenvalue weighted by molar-refractivity contribution is 6.31. The van der Waals surface area contributed by atoms with Crippen LogP contribution in [0.1, 0.15) is 5.56 Å². The number of piperazine rings is 1. The second kappa shape index (κ2) is 7.65. The summed E-state index contributed by atoms with van der Waals surface area (Å²) in [7, 11) is 0. The summed E-state index contributed by atoms with van der Waals surface area (Å²) >= 11 is 6.02. The van der Waals surface area contributed by atoms with Crippen molar-refractivity contribution in [1.29, 1.82) is 5.26 Å². The molecule has 2 rings (SSSR count). The Morgan fingerprint density at radius 1 is 1.30 bits per heavy atom. The average Bonchev–Trinajstić information content (AvgIpc) is 2.56. The lowest BCUT2D eigenvalue weighted by molar-refractivity contribution is -0.119. The number of carbonyl (C=O) groups excluding carboxylic acids is 2. The minimum Gasteiger partial charge on any atom is -0.373 e. The Bertz CT molecular complexity index is 673. The van der Waals surface area contributed by atoms with Crippen molar-refractivity contribution in [2.24, 2.45) is 0 Å². The Labute approximate surface area is 139 Å². The van der Waals surface area contributed by atoms with Gasteiger partial charge in [0.15, 0.2) is 0 Å². The van der Waals surface area contributed by atoms with Crippen LogP contribution in [0.15, 0.2) is 30.0 Å². The summed E-state index contributed by atoms with van der Waals surface area (Å²) in [6.45, 7) is 4.20. The smallest absolute Gasteiger partial charge is 0.267 e. The highest BCUT2D eigenvalue weighted by atomic mass is 35.5. The van der Waals surface area contributed by atoms with Crippen LogP contribution in [0.2, 0.25) is 5.02 Å². The second-order valence-corrected chi connectivity index (χ2v) is 5.66. The molecule has 1 heterocycles. The fraction of sp³-hybridized carbons (Fsp3) is 0.312. The number of aryl methyl sites for hydroxylation is 1. The van der Waals surface area contributed by atoms with Gasteiger partial charge in [-0.2, -0.15) is 5.26 Å². The molecule has 23 heavy (non-hydrogen) atoms. The molecule has 0 atom stereocenters. The fourth-order valence-electron chi connectivity index (χ4n) is 2.16. The first-order valence-electron chi connectivity index (χ1n) is 7.16. The van der Waals surface area contributed by atoms with Crippen molar-refractivity contribution in [3.05, 3.63) is 40.6 Å². The molecule has 0 aliphatic carbocycles. The number of amides is 2. The molecule has 0 saturated carbocycles. The molecule has 7 heteroatoms. The van der Waals surface area contributed by atoms with Gasteiger partial charge >= 0.3 is 0 Å². The Morgan fingerprint density at radius 2 is 1.96 bits per heavy atom. The van der Waals surface area contributed by atoms with E-state index in [-0.39, 0.29) is 5.57 Å². The fourth-order valence-corrected chi connectivity index (χ4v) is 2.34. The van der Waals surface area contributed by atoms with E-state index in [1.807, 2.05) is 17.9 Å². The maximum absolute atomic E-state index is 12.2. The largest absolute Gasteiger partial charge is 0.373 e. The SMILES string of the molecule is Cc1ccc(NC(=O)/C(C#N)=C\N2CCN(C=O)CC2)cc1Cl. The monoisotopic (exact) mass is 332 g/mol. The zero-order chi connectivity index (χ0) is 16.8. The van der Waals surface area contributed by atoms with Crippen LogP contribution in [-0.4, -0.2) is 48.3 Å². The number of anilines is 1. The number of nitrogens with one attached hydrogen (secondary N) is 1. The van der Waals surface area contributed by atoms with Crippen LogP contribution in [0.5, 0.6) is 0 Å². The van der Waals surface area contributed by atoms with Crippen molar-refractivity contribution in [1.82, 2.24) is 9.80 Å². The van der Waals surface area contributed by atoms with Crippen LogP contribution in [0.3, 0.4) is 0 Å². The van der Waals surface area contributed by atoms with E-state index in [0.29, 0.717) is 36.9 Å². The van der Waals surface area contributed by atoms with Crippen LogP contribution in [0.25, 0.3) is 0 Å². The third-order valence-electron chi connectivity index (χ3n) is 3.60. The maximum atomic E-state index is 12.2. The minimum absolute atomic E-state index is 0.0150. The van der Waals surface area contributed by atoms with E-state index in [4.69, 9.17) is 11.6 Å². The lowest BCUT2D eigenvalue weighted by atomic mass is 10.2. The van der Waals surface area contributed by atoms with Gasteiger partial charge in [-0.25, -0.2) is 0 Å². The third-order valence-corrected chi connectivity index (χ3v) is 4.01. The van der Waals surface area contributed by atoms with Gasteiger partial charge in [-0.3, -0.25) is 9.59 Å². The molecule has 0 unspecified atom stereocenters. The first-order chi connectivity index (χ1) is 11.0. The Balaban J connectivity index is 2.03. The van der Waals surface area contributed by atoms with Gasteiger partial charge in [0.2, 0.25) is 6.41 Å². The Hall–Kier alpha value is -2.52. The molecule has 0 spiro atoms. The van der Waals surface area contributed by atoms with Gasteiger partial charge in [-0.05, 0) is 24.6 Å². The van der Waals surface area contributed by atoms with Crippen LogP contribution >= 0.6 is 11.6 Å². The summed E-state index contributed by atoms with van der Waals surface area (Å²) in [6, 6.07) is 7.09. The van der Waals surface area contributed by atoms with Crippen LogP contribution in [-0.2, 0) is 9.59 Å². The lowest BCUT2D eigenvalue weighted by Gasteiger charge is -2.31. The van der Waals surface area contributed by atoms with Crippen LogP contribution in [0, 0.1) is 18.3 Å². The van der Waals surface area contributed by atoms with E-state index in [1.165, 1.54) is 6.20 Å². The summed E-state index contributed by atoms with van der Waals surface area (Å²) < 4.78 is 0. The molecule has 0 radical (unpaired) electrons. The maximum Gasteiger partial charge on any atom is 0.267 e. The first-order valence-corrected chi connectivity index (χ1v) is 7.54. The first kappa shape index (κ1) is 16.8. The molecule has 1 aromatic rings. The van der Waals surface area contributed by atoms with Crippen molar-refractivity contribution >= 4 is 29.6 Å². The Kier molecular flexibility index (Phi) is 5.61. The van der Waals surface area contributed by atoms with Crippen molar-refractivity contribution in [2.75, 3.05) is 31.5 Å².